The molecule has 0 amide bonds. The van der Waals surface area contributed by atoms with Crippen LogP contribution in [0.1, 0.15) is 59.8 Å². The zero-order valence-corrected chi connectivity index (χ0v) is 27.9. The smallest absolute Gasteiger partial charge is 0.349 e. The van der Waals surface area contributed by atoms with Crippen molar-refractivity contribution in [2.75, 3.05) is 26.2 Å². The van der Waals surface area contributed by atoms with Gasteiger partial charge in [0.15, 0.2) is 0 Å². The van der Waals surface area contributed by atoms with Gasteiger partial charge in [0, 0.05) is 50.2 Å². The second kappa shape index (κ2) is 17.4. The summed E-state index contributed by atoms with van der Waals surface area (Å²) < 4.78 is 54.6. The van der Waals surface area contributed by atoms with Crippen LogP contribution < -0.4 is 0 Å². The fourth-order valence-corrected chi connectivity index (χ4v) is 7.21. The van der Waals surface area contributed by atoms with E-state index in [1.165, 1.54) is 48.5 Å². The minimum Gasteiger partial charge on any atom is -0.412 e. The molecule has 4 aromatic rings. The zero-order valence-electron chi connectivity index (χ0n) is 27.9. The number of hydroxylamine groups is 4. The third kappa shape index (κ3) is 9.90. The third-order valence-corrected chi connectivity index (χ3v) is 9.65. The molecule has 2 fully saturated rings. The maximum Gasteiger partial charge on any atom is 0.349 e. The molecule has 6 rings (SSSR count). The monoisotopic (exact) mass is 704 g/mol. The Balaban J connectivity index is 0.00000504. The Bertz CT molecular complexity index is 1530. The molecule has 2 aliphatic rings. The molecule has 0 atom stereocenters. The summed E-state index contributed by atoms with van der Waals surface area (Å²) in [6, 6.07) is 25.4. The first kappa shape index (κ1) is 37.4. The number of rotatable bonds is 10. The van der Waals surface area contributed by atoms with Crippen LogP contribution in [-0.4, -0.2) is 53.7 Å². The molecule has 2 N–H and O–H groups in total. The van der Waals surface area contributed by atoms with Crippen molar-refractivity contribution in [3.63, 3.8) is 0 Å². The van der Waals surface area contributed by atoms with Crippen LogP contribution in [0.15, 0.2) is 109 Å². The molecule has 0 radical (unpaired) electrons. The molecule has 7 nitrogen and oxygen atoms in total. The van der Waals surface area contributed by atoms with Crippen molar-refractivity contribution in [1.29, 1.82) is 0 Å². The van der Waals surface area contributed by atoms with E-state index in [4.69, 9.17) is 9.68 Å². The van der Waals surface area contributed by atoms with Crippen LogP contribution in [0, 0.1) is 35.1 Å². The summed E-state index contributed by atoms with van der Waals surface area (Å²) in [7, 11) is 0. The van der Waals surface area contributed by atoms with Gasteiger partial charge in [0.05, 0.1) is 0 Å². The van der Waals surface area contributed by atoms with Gasteiger partial charge in [0.1, 0.15) is 23.3 Å². The summed E-state index contributed by atoms with van der Waals surface area (Å²) >= 11 is 0. The van der Waals surface area contributed by atoms with Crippen LogP contribution in [0.5, 0.6) is 0 Å². The van der Waals surface area contributed by atoms with Gasteiger partial charge in [0.25, 0.3) is 0 Å². The van der Waals surface area contributed by atoms with E-state index in [-0.39, 0.29) is 52.4 Å². The van der Waals surface area contributed by atoms with Crippen LogP contribution in [0.25, 0.3) is 0 Å². The highest BCUT2D eigenvalue weighted by molar-refractivity contribution is 5.91. The lowest BCUT2D eigenvalue weighted by molar-refractivity contribution is -0.193. The molecule has 0 aliphatic carbocycles. The molecule has 0 aromatic heterocycles. The number of hydrogen-bond acceptors (Lipinski definition) is 6. The first-order valence-electron chi connectivity index (χ1n) is 16.9. The fraction of sp³-hybridized carbons (Fsp3) is 0.300. The van der Waals surface area contributed by atoms with Crippen LogP contribution in [-0.2, 0) is 19.3 Å². The summed E-state index contributed by atoms with van der Waals surface area (Å²) in [6.45, 7) is 1.83. The lowest BCUT2D eigenvalue weighted by atomic mass is 9.76. The van der Waals surface area contributed by atoms with Crippen molar-refractivity contribution in [3.8, 4) is 0 Å². The largest absolute Gasteiger partial charge is 0.412 e. The second-order valence-electron chi connectivity index (χ2n) is 12.8. The van der Waals surface area contributed by atoms with Gasteiger partial charge < -0.3 is 15.2 Å². The van der Waals surface area contributed by atoms with Crippen molar-refractivity contribution in [3.05, 3.63) is 155 Å². The van der Waals surface area contributed by atoms with E-state index in [1.54, 1.807) is 58.7 Å². The molecule has 0 bridgehead atoms. The Labute approximate surface area is 294 Å². The Morgan fingerprint density at radius 1 is 0.490 bits per heavy atom. The number of nitrogens with zero attached hydrogens (tertiary/aromatic N) is 2. The molecule has 2 aliphatic heterocycles. The van der Waals surface area contributed by atoms with E-state index in [2.05, 4.69) is 0 Å². The summed E-state index contributed by atoms with van der Waals surface area (Å²) in [4.78, 5) is 36.1. The summed E-state index contributed by atoms with van der Waals surface area (Å²) in [6.07, 6.45) is 4.80. The van der Waals surface area contributed by atoms with Gasteiger partial charge in [-0.1, -0.05) is 48.5 Å². The Hall–Kier alpha value is -4.84. The van der Waals surface area contributed by atoms with Gasteiger partial charge in [-0.3, -0.25) is 0 Å². The van der Waals surface area contributed by atoms with Crippen molar-refractivity contribution in [2.45, 2.75) is 37.5 Å². The van der Waals surface area contributed by atoms with Gasteiger partial charge in [-0.05, 0) is 108 Å². The maximum absolute atomic E-state index is 13.7. The van der Waals surface area contributed by atoms with Crippen molar-refractivity contribution < 1.29 is 42.3 Å². The lowest BCUT2D eigenvalue weighted by Gasteiger charge is -2.35. The molecule has 0 saturated carbocycles. The van der Waals surface area contributed by atoms with E-state index >= 15 is 0 Å². The number of hydrogen-bond donors (Lipinski definition) is 0. The number of halogens is 4. The van der Waals surface area contributed by atoms with E-state index in [9.17, 15) is 27.2 Å². The summed E-state index contributed by atoms with van der Waals surface area (Å²) in [5.74, 6) is -2.57. The van der Waals surface area contributed by atoms with Crippen LogP contribution in [0.4, 0.5) is 17.6 Å². The Morgan fingerprint density at radius 3 is 0.961 bits per heavy atom. The van der Waals surface area contributed by atoms with Crippen molar-refractivity contribution >= 4 is 11.9 Å². The predicted molar refractivity (Wildman–Crippen MR) is 183 cm³/mol. The number of benzene rings is 4. The molecule has 268 valence electrons. The predicted octanol–water partition coefficient (Wildman–Crippen LogP) is 7.28. The number of piperidine rings is 2. The molecule has 2 saturated heterocycles. The molecule has 11 heteroatoms. The van der Waals surface area contributed by atoms with E-state index in [1.807, 2.05) is 0 Å². The standard InChI is InChI=1S/C40H38F4N2O4.H2O/c41-33-9-1-27(2-10-33)39(28-3-11-34(42)12-4-28)31-19-23-45(24-20-31)49-37(47)17-18-38(48)50-46-25-21-32(22-26-46)40(29-5-13-35(43)14-6-29)30-7-15-36(44)16-8-30;/h1-18,31-32,39-40H,19-26H2;1H2/b18-17+;. The average Bonchev–Trinajstić information content (AvgIpc) is 3.12. The van der Waals surface area contributed by atoms with Gasteiger partial charge in [-0.15, -0.1) is 10.1 Å². The van der Waals surface area contributed by atoms with Gasteiger partial charge >= 0.3 is 11.9 Å². The topological polar surface area (TPSA) is 90.6 Å². The van der Waals surface area contributed by atoms with Gasteiger partial charge in [-0.25, -0.2) is 27.2 Å². The van der Waals surface area contributed by atoms with Gasteiger partial charge in [0.2, 0.25) is 0 Å². The van der Waals surface area contributed by atoms with Gasteiger partial charge in [-0.2, -0.15) is 0 Å². The minimum atomic E-state index is -0.700. The van der Waals surface area contributed by atoms with Crippen LogP contribution in [0.3, 0.4) is 0 Å². The SMILES string of the molecule is O.O=C(/C=C/C(=O)ON1CCC(C(c2ccc(F)cc2)c2ccc(F)cc2)CC1)ON1CCC(C(c2ccc(F)cc2)c2ccc(F)cc2)CC1. The Kier molecular flexibility index (Phi) is 12.8. The van der Waals surface area contributed by atoms with Crippen LogP contribution >= 0.6 is 0 Å². The summed E-state index contributed by atoms with van der Waals surface area (Å²) in [5.41, 5.74) is 3.72. The highest BCUT2D eigenvalue weighted by Gasteiger charge is 2.32. The normalized spacial score (nSPS) is 16.4. The van der Waals surface area contributed by atoms with E-state index in [0.29, 0.717) is 51.9 Å². The highest BCUT2D eigenvalue weighted by atomic mass is 19.1. The highest BCUT2D eigenvalue weighted by Crippen LogP contribution is 2.39. The fourth-order valence-electron chi connectivity index (χ4n) is 7.21. The number of carbonyl (C=O) groups is 2. The average molecular weight is 705 g/mol. The molecule has 51 heavy (non-hydrogen) atoms. The van der Waals surface area contributed by atoms with E-state index in [0.717, 1.165) is 34.4 Å². The summed E-state index contributed by atoms with van der Waals surface area (Å²) in [5, 5.41) is 3.12. The molecule has 0 unspecified atom stereocenters. The third-order valence-electron chi connectivity index (χ3n) is 9.65. The Morgan fingerprint density at radius 2 is 0.725 bits per heavy atom. The van der Waals surface area contributed by atoms with E-state index < -0.39 is 11.9 Å². The second-order valence-corrected chi connectivity index (χ2v) is 12.8. The van der Waals surface area contributed by atoms with Crippen molar-refractivity contribution in [2.24, 2.45) is 11.8 Å². The minimum absolute atomic E-state index is 0. The number of carbonyl (C=O) groups excluding carboxylic acids is 2. The molecule has 2 heterocycles. The first-order valence-corrected chi connectivity index (χ1v) is 16.9. The molecular weight excluding hydrogens is 664 g/mol. The van der Waals surface area contributed by atoms with Crippen LogP contribution in [0.2, 0.25) is 0 Å². The molecule has 0 spiro atoms. The molecule has 4 aromatic carbocycles. The zero-order chi connectivity index (χ0) is 35.0. The lowest BCUT2D eigenvalue weighted by Crippen LogP contribution is -2.37. The first-order chi connectivity index (χ1) is 24.2. The molecular formula is C40H40F4N2O5. The maximum atomic E-state index is 13.7. The quantitative estimate of drug-likeness (QED) is 0.127. The van der Waals surface area contributed by atoms with Crippen molar-refractivity contribution in [1.82, 2.24) is 10.1 Å².